The molecule has 0 aliphatic carbocycles. The van der Waals surface area contributed by atoms with Gasteiger partial charge in [0.2, 0.25) is 0 Å². The summed E-state index contributed by atoms with van der Waals surface area (Å²) in [6, 6.07) is 14.4. The number of rotatable bonds is 2. The van der Waals surface area contributed by atoms with Crippen LogP contribution in [0.5, 0.6) is 0 Å². The first-order valence-corrected chi connectivity index (χ1v) is 6.73. The van der Waals surface area contributed by atoms with E-state index in [1.54, 1.807) is 24.3 Å². The summed E-state index contributed by atoms with van der Waals surface area (Å²) in [6.45, 7) is 0. The Bertz CT molecular complexity index is 762. The van der Waals surface area contributed by atoms with Crippen molar-refractivity contribution in [3.05, 3.63) is 64.3 Å². The number of hydrogen-bond donors (Lipinski definition) is 2. The van der Waals surface area contributed by atoms with Gasteiger partial charge in [0.15, 0.2) is 0 Å². The van der Waals surface area contributed by atoms with Gasteiger partial charge in [-0.1, -0.05) is 41.4 Å². The fourth-order valence-electron chi connectivity index (χ4n) is 1.98. The van der Waals surface area contributed by atoms with Gasteiger partial charge in [-0.15, -0.1) is 0 Å². The molecule has 1 amide bonds. The van der Waals surface area contributed by atoms with Crippen LogP contribution in [0.1, 0.15) is 10.5 Å². The van der Waals surface area contributed by atoms with Gasteiger partial charge in [-0.25, -0.2) is 0 Å². The smallest absolute Gasteiger partial charge is 0.272 e. The zero-order valence-corrected chi connectivity index (χ0v) is 11.8. The van der Waals surface area contributed by atoms with Gasteiger partial charge in [0.1, 0.15) is 5.69 Å². The number of para-hydroxylation sites is 1. The van der Waals surface area contributed by atoms with Crippen LogP contribution in [-0.4, -0.2) is 10.9 Å². The minimum Gasteiger partial charge on any atom is -0.351 e. The second-order valence-electron chi connectivity index (χ2n) is 4.35. The molecule has 20 heavy (non-hydrogen) atoms. The van der Waals surface area contributed by atoms with Crippen molar-refractivity contribution in [1.82, 2.24) is 4.98 Å². The van der Waals surface area contributed by atoms with E-state index in [0.717, 1.165) is 10.9 Å². The second-order valence-corrected chi connectivity index (χ2v) is 5.19. The van der Waals surface area contributed by atoms with Crippen LogP contribution in [-0.2, 0) is 0 Å². The highest BCUT2D eigenvalue weighted by molar-refractivity contribution is 6.35. The zero-order chi connectivity index (χ0) is 14.1. The monoisotopic (exact) mass is 304 g/mol. The normalized spacial score (nSPS) is 10.7. The lowest BCUT2D eigenvalue weighted by Gasteiger charge is -2.06. The maximum Gasteiger partial charge on any atom is 0.272 e. The molecule has 1 heterocycles. The Morgan fingerprint density at radius 3 is 2.65 bits per heavy atom. The van der Waals surface area contributed by atoms with Gasteiger partial charge in [-0.3, -0.25) is 4.79 Å². The van der Waals surface area contributed by atoms with Crippen LogP contribution in [0.3, 0.4) is 0 Å². The molecule has 0 aliphatic heterocycles. The summed E-state index contributed by atoms with van der Waals surface area (Å²) >= 11 is 11.9. The van der Waals surface area contributed by atoms with E-state index in [0.29, 0.717) is 21.4 Å². The van der Waals surface area contributed by atoms with Crippen molar-refractivity contribution in [3.63, 3.8) is 0 Å². The van der Waals surface area contributed by atoms with Crippen molar-refractivity contribution in [2.24, 2.45) is 0 Å². The summed E-state index contributed by atoms with van der Waals surface area (Å²) < 4.78 is 0. The SMILES string of the molecule is O=C(Nc1cc(Cl)ccc1Cl)c1cc2ccccc2[nH]1. The van der Waals surface area contributed by atoms with Gasteiger partial charge < -0.3 is 10.3 Å². The van der Waals surface area contributed by atoms with E-state index in [-0.39, 0.29) is 5.91 Å². The summed E-state index contributed by atoms with van der Waals surface area (Å²) in [4.78, 5) is 15.3. The standard InChI is InChI=1S/C15H10Cl2N2O/c16-10-5-6-11(17)13(8-10)19-15(20)14-7-9-3-1-2-4-12(9)18-14/h1-8,18H,(H,19,20). The Balaban J connectivity index is 1.90. The first kappa shape index (κ1) is 13.0. The number of aromatic amines is 1. The van der Waals surface area contributed by atoms with Crippen molar-refractivity contribution in [3.8, 4) is 0 Å². The van der Waals surface area contributed by atoms with Crippen LogP contribution in [0.25, 0.3) is 10.9 Å². The summed E-state index contributed by atoms with van der Waals surface area (Å²) in [6.07, 6.45) is 0. The van der Waals surface area contributed by atoms with Gasteiger partial charge in [0, 0.05) is 15.9 Å². The van der Waals surface area contributed by atoms with Gasteiger partial charge in [-0.05, 0) is 30.3 Å². The van der Waals surface area contributed by atoms with E-state index in [1.165, 1.54) is 0 Å². The third-order valence-corrected chi connectivity index (χ3v) is 3.52. The van der Waals surface area contributed by atoms with E-state index < -0.39 is 0 Å². The summed E-state index contributed by atoms with van der Waals surface area (Å²) in [7, 11) is 0. The molecular formula is C15H10Cl2N2O. The predicted octanol–water partition coefficient (Wildman–Crippen LogP) is 4.73. The number of halogens is 2. The lowest BCUT2D eigenvalue weighted by Crippen LogP contribution is -2.12. The summed E-state index contributed by atoms with van der Waals surface area (Å²) in [5.74, 6) is -0.259. The maximum atomic E-state index is 12.2. The number of amides is 1. The Hall–Kier alpha value is -1.97. The Morgan fingerprint density at radius 1 is 1.05 bits per heavy atom. The molecule has 0 spiro atoms. The quantitative estimate of drug-likeness (QED) is 0.706. The highest BCUT2D eigenvalue weighted by Gasteiger charge is 2.11. The Kier molecular flexibility index (Phi) is 3.38. The number of carbonyl (C=O) groups excluding carboxylic acids is 1. The maximum absolute atomic E-state index is 12.2. The Labute approximate surface area is 125 Å². The average molecular weight is 305 g/mol. The number of aromatic nitrogens is 1. The van der Waals surface area contributed by atoms with Crippen molar-refractivity contribution in [2.75, 3.05) is 5.32 Å². The number of benzene rings is 2. The van der Waals surface area contributed by atoms with Crippen molar-refractivity contribution in [1.29, 1.82) is 0 Å². The highest BCUT2D eigenvalue weighted by atomic mass is 35.5. The molecule has 0 aliphatic rings. The van der Waals surface area contributed by atoms with Gasteiger partial charge in [0.25, 0.3) is 5.91 Å². The molecule has 0 saturated heterocycles. The molecule has 3 rings (SSSR count). The van der Waals surface area contributed by atoms with E-state index in [2.05, 4.69) is 10.3 Å². The molecular weight excluding hydrogens is 295 g/mol. The Morgan fingerprint density at radius 2 is 1.85 bits per heavy atom. The summed E-state index contributed by atoms with van der Waals surface area (Å²) in [5.41, 5.74) is 1.87. The van der Waals surface area contributed by atoms with Crippen molar-refractivity contribution < 1.29 is 4.79 Å². The number of carbonyl (C=O) groups is 1. The molecule has 0 saturated carbocycles. The molecule has 1 aromatic heterocycles. The van der Waals surface area contributed by atoms with Crippen LogP contribution in [0, 0.1) is 0 Å². The molecule has 2 aromatic carbocycles. The predicted molar refractivity (Wildman–Crippen MR) is 82.7 cm³/mol. The molecule has 5 heteroatoms. The number of fused-ring (bicyclic) bond motifs is 1. The molecule has 0 bridgehead atoms. The minimum atomic E-state index is -0.259. The largest absolute Gasteiger partial charge is 0.351 e. The highest BCUT2D eigenvalue weighted by Crippen LogP contribution is 2.26. The number of anilines is 1. The minimum absolute atomic E-state index is 0.259. The van der Waals surface area contributed by atoms with Crippen LogP contribution < -0.4 is 5.32 Å². The topological polar surface area (TPSA) is 44.9 Å². The van der Waals surface area contributed by atoms with E-state index >= 15 is 0 Å². The fraction of sp³-hybridized carbons (Fsp3) is 0. The molecule has 0 atom stereocenters. The van der Waals surface area contributed by atoms with Crippen LogP contribution in [0.4, 0.5) is 5.69 Å². The fourth-order valence-corrected chi connectivity index (χ4v) is 2.32. The third-order valence-electron chi connectivity index (χ3n) is 2.95. The average Bonchev–Trinajstić information content (AvgIpc) is 2.87. The lowest BCUT2D eigenvalue weighted by molar-refractivity contribution is 0.102. The molecule has 0 radical (unpaired) electrons. The zero-order valence-electron chi connectivity index (χ0n) is 10.3. The van der Waals surface area contributed by atoms with Crippen LogP contribution >= 0.6 is 23.2 Å². The molecule has 0 unspecified atom stereocenters. The molecule has 3 nitrogen and oxygen atoms in total. The number of nitrogens with one attached hydrogen (secondary N) is 2. The first-order valence-electron chi connectivity index (χ1n) is 5.97. The lowest BCUT2D eigenvalue weighted by atomic mass is 10.2. The van der Waals surface area contributed by atoms with E-state index in [9.17, 15) is 4.79 Å². The van der Waals surface area contributed by atoms with Crippen molar-refractivity contribution >= 4 is 45.7 Å². The summed E-state index contributed by atoms with van der Waals surface area (Å²) in [5, 5.41) is 4.68. The van der Waals surface area contributed by atoms with E-state index in [1.807, 2.05) is 24.3 Å². The van der Waals surface area contributed by atoms with E-state index in [4.69, 9.17) is 23.2 Å². The first-order chi connectivity index (χ1) is 9.63. The third kappa shape index (κ3) is 2.50. The van der Waals surface area contributed by atoms with Gasteiger partial charge >= 0.3 is 0 Å². The van der Waals surface area contributed by atoms with Gasteiger partial charge in [-0.2, -0.15) is 0 Å². The van der Waals surface area contributed by atoms with Crippen LogP contribution in [0.2, 0.25) is 10.0 Å². The van der Waals surface area contributed by atoms with Gasteiger partial charge in [0.05, 0.1) is 10.7 Å². The molecule has 100 valence electrons. The molecule has 0 fully saturated rings. The second kappa shape index (κ2) is 5.19. The van der Waals surface area contributed by atoms with Crippen molar-refractivity contribution in [2.45, 2.75) is 0 Å². The molecule has 2 N–H and O–H groups in total. The number of H-pyrrole nitrogens is 1. The van der Waals surface area contributed by atoms with Crippen LogP contribution in [0.15, 0.2) is 48.5 Å². The number of hydrogen-bond acceptors (Lipinski definition) is 1. The molecule has 3 aromatic rings.